The summed E-state index contributed by atoms with van der Waals surface area (Å²) in [7, 11) is 0. The number of aliphatic hydroxyl groups excluding tert-OH is 1. The molecule has 4 aliphatic carbocycles. The van der Waals surface area contributed by atoms with Gasteiger partial charge in [-0.1, -0.05) is 11.6 Å². The fraction of sp³-hybridized carbons (Fsp3) is 0.522. The van der Waals surface area contributed by atoms with Crippen LogP contribution in [0.5, 0.6) is 0 Å². The molecular formula is C23H27ClN6O2. The first-order valence-corrected chi connectivity index (χ1v) is 11.7. The Labute approximate surface area is 191 Å². The minimum Gasteiger partial charge on any atom is -0.394 e. The standard InChI is InChI=1S/C23H27ClN6O2/c24-18-12-25-22(27-17-2-1-14-11-26-30(3-4-31)19(14)7-17)29-21(18)28-20-15-5-13-6-16(20)10-23(32,8-13)9-15/h1-2,7,11-13,15-16,20,31-32H,3-6,8-10H2,(H2,25,27,28,29)/t13?,15?,16?,20-,23-. The number of aliphatic hydroxyl groups is 2. The summed E-state index contributed by atoms with van der Waals surface area (Å²) in [4.78, 5) is 9.03. The van der Waals surface area contributed by atoms with E-state index in [9.17, 15) is 10.2 Å². The topological polar surface area (TPSA) is 108 Å². The van der Waals surface area contributed by atoms with Gasteiger partial charge in [0.15, 0.2) is 5.82 Å². The van der Waals surface area contributed by atoms with Crippen molar-refractivity contribution in [1.82, 2.24) is 19.7 Å². The Morgan fingerprint density at radius 3 is 2.72 bits per heavy atom. The number of nitrogens with one attached hydrogen (secondary N) is 2. The van der Waals surface area contributed by atoms with Crippen molar-refractivity contribution in [3.05, 3.63) is 35.6 Å². The molecule has 7 rings (SSSR count). The first-order valence-electron chi connectivity index (χ1n) is 11.3. The Bertz CT molecular complexity index is 1150. The van der Waals surface area contributed by atoms with Gasteiger partial charge in [0.05, 0.1) is 36.7 Å². The summed E-state index contributed by atoms with van der Waals surface area (Å²) in [6.07, 6.45) is 8.46. The van der Waals surface area contributed by atoms with E-state index in [-0.39, 0.29) is 12.6 Å². The highest BCUT2D eigenvalue weighted by molar-refractivity contribution is 6.32. The van der Waals surface area contributed by atoms with E-state index in [1.807, 2.05) is 18.2 Å². The molecule has 9 heteroatoms. The molecule has 2 unspecified atom stereocenters. The van der Waals surface area contributed by atoms with Gasteiger partial charge in [-0.05, 0) is 68.1 Å². The predicted octanol–water partition coefficient (Wildman–Crippen LogP) is 3.57. The number of rotatable bonds is 6. The molecule has 4 aliphatic rings. The molecule has 3 aromatic rings. The van der Waals surface area contributed by atoms with Crippen LogP contribution in [0.1, 0.15) is 32.1 Å². The lowest BCUT2D eigenvalue weighted by atomic mass is 9.52. The van der Waals surface area contributed by atoms with Gasteiger partial charge in [-0.25, -0.2) is 4.98 Å². The molecule has 4 saturated carbocycles. The number of halogens is 1. The first kappa shape index (κ1) is 20.2. The average Bonchev–Trinajstić information content (AvgIpc) is 3.14. The number of fused-ring (bicyclic) bond motifs is 1. The van der Waals surface area contributed by atoms with Crippen molar-refractivity contribution < 1.29 is 10.2 Å². The second-order valence-electron chi connectivity index (χ2n) is 9.74. The average molecular weight is 455 g/mol. The number of hydrogen-bond acceptors (Lipinski definition) is 7. The van der Waals surface area contributed by atoms with Crippen LogP contribution in [0.3, 0.4) is 0 Å². The minimum absolute atomic E-state index is 0.0328. The van der Waals surface area contributed by atoms with Crippen molar-refractivity contribution in [3.8, 4) is 0 Å². The first-order chi connectivity index (χ1) is 15.5. The van der Waals surface area contributed by atoms with Crippen molar-refractivity contribution in [2.24, 2.45) is 17.8 Å². The van der Waals surface area contributed by atoms with Gasteiger partial charge in [-0.2, -0.15) is 10.1 Å². The Kier molecular flexibility index (Phi) is 4.78. The number of anilines is 3. The Balaban J connectivity index is 1.23. The van der Waals surface area contributed by atoms with Crippen LogP contribution in [0, 0.1) is 17.8 Å². The molecule has 2 heterocycles. The van der Waals surface area contributed by atoms with Crippen LogP contribution < -0.4 is 10.6 Å². The molecular weight excluding hydrogens is 428 g/mol. The molecule has 168 valence electrons. The second kappa shape index (κ2) is 7.57. The summed E-state index contributed by atoms with van der Waals surface area (Å²) >= 11 is 6.46. The lowest BCUT2D eigenvalue weighted by Gasteiger charge is -2.58. The highest BCUT2D eigenvalue weighted by Gasteiger charge is 2.54. The van der Waals surface area contributed by atoms with Gasteiger partial charge in [0.2, 0.25) is 5.95 Å². The van der Waals surface area contributed by atoms with Gasteiger partial charge >= 0.3 is 0 Å². The van der Waals surface area contributed by atoms with Gasteiger partial charge in [0, 0.05) is 17.1 Å². The minimum atomic E-state index is -0.460. The van der Waals surface area contributed by atoms with Crippen molar-refractivity contribution in [1.29, 1.82) is 0 Å². The second-order valence-corrected chi connectivity index (χ2v) is 10.2. The molecule has 2 aromatic heterocycles. The smallest absolute Gasteiger partial charge is 0.229 e. The lowest BCUT2D eigenvalue weighted by Crippen LogP contribution is -2.59. The number of aromatic nitrogens is 4. The molecule has 4 N–H and O–H groups in total. The zero-order valence-corrected chi connectivity index (χ0v) is 18.5. The molecule has 0 aliphatic heterocycles. The van der Waals surface area contributed by atoms with E-state index in [4.69, 9.17) is 11.6 Å². The van der Waals surface area contributed by atoms with Crippen LogP contribution in [-0.4, -0.2) is 48.2 Å². The molecule has 0 saturated heterocycles. The van der Waals surface area contributed by atoms with E-state index in [0.29, 0.717) is 41.1 Å². The summed E-state index contributed by atoms with van der Waals surface area (Å²) in [6.45, 7) is 0.475. The molecule has 32 heavy (non-hydrogen) atoms. The molecule has 0 spiro atoms. The quantitative estimate of drug-likeness (QED) is 0.451. The van der Waals surface area contributed by atoms with Gasteiger partial charge in [0.25, 0.3) is 0 Å². The van der Waals surface area contributed by atoms with Crippen LogP contribution in [-0.2, 0) is 6.54 Å². The maximum atomic E-state index is 10.9. The monoisotopic (exact) mass is 454 g/mol. The highest BCUT2D eigenvalue weighted by Crippen LogP contribution is 2.56. The number of benzene rings is 1. The van der Waals surface area contributed by atoms with Crippen LogP contribution in [0.4, 0.5) is 17.5 Å². The van der Waals surface area contributed by atoms with Crippen molar-refractivity contribution in [2.45, 2.75) is 50.3 Å². The summed E-state index contributed by atoms with van der Waals surface area (Å²) in [6, 6.07) is 6.20. The predicted molar refractivity (Wildman–Crippen MR) is 123 cm³/mol. The zero-order chi connectivity index (χ0) is 21.9. The van der Waals surface area contributed by atoms with Crippen LogP contribution in [0.15, 0.2) is 30.6 Å². The van der Waals surface area contributed by atoms with Crippen LogP contribution in [0.2, 0.25) is 5.02 Å². The van der Waals surface area contributed by atoms with Crippen LogP contribution >= 0.6 is 11.6 Å². The third-order valence-electron chi connectivity index (χ3n) is 7.50. The normalized spacial score (nSPS) is 30.7. The molecule has 1 aromatic carbocycles. The largest absolute Gasteiger partial charge is 0.394 e. The summed E-state index contributed by atoms with van der Waals surface area (Å²) in [5.41, 5.74) is 1.31. The van der Waals surface area contributed by atoms with E-state index in [1.165, 1.54) is 12.8 Å². The van der Waals surface area contributed by atoms with Crippen molar-refractivity contribution >= 4 is 40.0 Å². The van der Waals surface area contributed by atoms with Crippen molar-refractivity contribution in [2.75, 3.05) is 17.2 Å². The Morgan fingerprint density at radius 2 is 1.97 bits per heavy atom. The fourth-order valence-corrected chi connectivity index (χ4v) is 6.60. The zero-order valence-electron chi connectivity index (χ0n) is 17.7. The van der Waals surface area contributed by atoms with Gasteiger partial charge in [-0.3, -0.25) is 4.68 Å². The molecule has 0 radical (unpaired) electrons. The van der Waals surface area contributed by atoms with E-state index in [1.54, 1.807) is 17.1 Å². The van der Waals surface area contributed by atoms with Gasteiger partial charge < -0.3 is 20.8 Å². The molecule has 8 nitrogen and oxygen atoms in total. The molecule has 4 fully saturated rings. The van der Waals surface area contributed by atoms with Crippen LogP contribution in [0.25, 0.3) is 10.9 Å². The third-order valence-corrected chi connectivity index (χ3v) is 7.78. The number of nitrogens with zero attached hydrogens (tertiary/aromatic N) is 4. The lowest BCUT2D eigenvalue weighted by molar-refractivity contribution is -0.129. The van der Waals surface area contributed by atoms with E-state index < -0.39 is 5.60 Å². The Morgan fingerprint density at radius 1 is 1.16 bits per heavy atom. The highest BCUT2D eigenvalue weighted by atomic mass is 35.5. The Hall–Kier alpha value is -2.42. The molecule has 0 amide bonds. The van der Waals surface area contributed by atoms with Gasteiger partial charge in [-0.15, -0.1) is 0 Å². The van der Waals surface area contributed by atoms with Gasteiger partial charge in [0.1, 0.15) is 5.02 Å². The summed E-state index contributed by atoms with van der Waals surface area (Å²) in [5.74, 6) is 2.68. The SMILES string of the molecule is OCCn1ncc2ccc(Nc3ncc(Cl)c(N[C@H]4C5CC6CC4C[C@](O)(C6)C5)n3)cc21. The summed E-state index contributed by atoms with van der Waals surface area (Å²) < 4.78 is 1.77. The van der Waals surface area contributed by atoms with E-state index >= 15 is 0 Å². The molecule has 4 bridgehead atoms. The molecule has 2 atom stereocenters. The fourth-order valence-electron chi connectivity index (χ4n) is 6.45. The number of hydrogen-bond donors (Lipinski definition) is 4. The van der Waals surface area contributed by atoms with E-state index in [0.717, 1.165) is 35.9 Å². The summed E-state index contributed by atoms with van der Waals surface area (Å²) in [5, 5.41) is 32.8. The van der Waals surface area contributed by atoms with E-state index in [2.05, 4.69) is 25.7 Å². The maximum Gasteiger partial charge on any atom is 0.229 e. The third kappa shape index (κ3) is 3.50. The maximum absolute atomic E-state index is 10.9. The van der Waals surface area contributed by atoms with Crippen molar-refractivity contribution in [3.63, 3.8) is 0 Å².